The number of carbonyl (C=O) groups is 1. The van der Waals surface area contributed by atoms with Gasteiger partial charge in [0.15, 0.2) is 0 Å². The van der Waals surface area contributed by atoms with Crippen LogP contribution in [0.4, 0.5) is 4.79 Å². The topological polar surface area (TPSA) is 41.6 Å². The lowest BCUT2D eigenvalue weighted by Crippen LogP contribution is -2.55. The van der Waals surface area contributed by atoms with Crippen molar-refractivity contribution in [1.29, 1.82) is 0 Å². The smallest absolute Gasteiger partial charge is 0.410 e. The van der Waals surface area contributed by atoms with Crippen molar-refractivity contribution < 1.29 is 9.53 Å². The minimum absolute atomic E-state index is 0. The highest BCUT2D eigenvalue weighted by Crippen LogP contribution is 2.34. The van der Waals surface area contributed by atoms with Crippen LogP contribution in [-0.4, -0.2) is 42.8 Å². The first kappa shape index (κ1) is 13.6. The van der Waals surface area contributed by atoms with Crippen LogP contribution in [0.25, 0.3) is 0 Å². The van der Waals surface area contributed by atoms with Gasteiger partial charge >= 0.3 is 6.09 Å². The van der Waals surface area contributed by atoms with Gasteiger partial charge < -0.3 is 15.0 Å². The summed E-state index contributed by atoms with van der Waals surface area (Å²) < 4.78 is 5.35. The lowest BCUT2D eigenvalue weighted by Gasteiger charge is -2.39. The fourth-order valence-corrected chi connectivity index (χ4v) is 2.18. The molecule has 0 aromatic heterocycles. The summed E-state index contributed by atoms with van der Waals surface area (Å²) in [6, 6.07) is 0. The van der Waals surface area contributed by atoms with Gasteiger partial charge in [-0.3, -0.25) is 0 Å². The van der Waals surface area contributed by atoms with Crippen molar-refractivity contribution in [2.45, 2.75) is 32.8 Å². The van der Waals surface area contributed by atoms with Crippen LogP contribution in [0.5, 0.6) is 0 Å². The molecule has 5 heteroatoms. The number of ether oxygens (including phenoxy) is 1. The summed E-state index contributed by atoms with van der Waals surface area (Å²) in [5.41, 5.74) is -0.0262. The Hall–Kier alpha value is -0.480. The monoisotopic (exact) mass is 248 g/mol. The van der Waals surface area contributed by atoms with Gasteiger partial charge in [0.05, 0.1) is 0 Å². The predicted octanol–water partition coefficient (Wildman–Crippen LogP) is 1.64. The second-order valence-corrected chi connectivity index (χ2v) is 5.76. The number of amides is 1. The maximum atomic E-state index is 11.8. The normalized spacial score (nSPS) is 22.6. The van der Waals surface area contributed by atoms with Gasteiger partial charge in [-0.1, -0.05) is 0 Å². The van der Waals surface area contributed by atoms with Gasteiger partial charge in [0, 0.05) is 31.6 Å². The van der Waals surface area contributed by atoms with Crippen LogP contribution in [-0.2, 0) is 4.74 Å². The maximum absolute atomic E-state index is 11.8. The van der Waals surface area contributed by atoms with E-state index in [1.807, 2.05) is 25.7 Å². The molecule has 2 rings (SSSR count). The number of hydrogen-bond donors (Lipinski definition) is 1. The van der Waals surface area contributed by atoms with Crippen molar-refractivity contribution in [3.63, 3.8) is 0 Å². The van der Waals surface area contributed by atoms with E-state index in [-0.39, 0.29) is 24.1 Å². The molecular weight excluding hydrogens is 228 g/mol. The van der Waals surface area contributed by atoms with Gasteiger partial charge in [0.1, 0.15) is 5.60 Å². The molecule has 1 spiro atoms. The Bertz CT molecular complexity index is 272. The zero-order valence-electron chi connectivity index (χ0n) is 10.2. The molecule has 1 N–H and O–H groups in total. The van der Waals surface area contributed by atoms with Crippen LogP contribution in [0.2, 0.25) is 0 Å². The highest BCUT2D eigenvalue weighted by atomic mass is 35.5. The van der Waals surface area contributed by atoms with Crippen molar-refractivity contribution in [3.8, 4) is 0 Å². The predicted molar refractivity (Wildman–Crippen MR) is 65.0 cm³/mol. The van der Waals surface area contributed by atoms with Crippen LogP contribution < -0.4 is 5.32 Å². The van der Waals surface area contributed by atoms with Crippen LogP contribution in [0, 0.1) is 5.41 Å². The van der Waals surface area contributed by atoms with E-state index < -0.39 is 0 Å². The van der Waals surface area contributed by atoms with Gasteiger partial charge in [-0.05, 0) is 27.2 Å². The fourth-order valence-electron chi connectivity index (χ4n) is 2.18. The molecule has 0 aliphatic carbocycles. The molecule has 0 unspecified atom stereocenters. The van der Waals surface area contributed by atoms with E-state index in [9.17, 15) is 4.79 Å². The first-order valence-corrected chi connectivity index (χ1v) is 5.59. The van der Waals surface area contributed by atoms with Gasteiger partial charge in [-0.2, -0.15) is 0 Å². The molecule has 0 atom stereocenters. The van der Waals surface area contributed by atoms with E-state index in [1.54, 1.807) is 0 Å². The van der Waals surface area contributed by atoms with E-state index in [4.69, 9.17) is 4.74 Å². The lowest BCUT2D eigenvalue weighted by molar-refractivity contribution is 0.0257. The Labute approximate surface area is 103 Å². The molecule has 0 bridgehead atoms. The minimum Gasteiger partial charge on any atom is -0.444 e. The number of likely N-dealkylation sites (tertiary alicyclic amines) is 1. The van der Waals surface area contributed by atoms with Crippen LogP contribution >= 0.6 is 12.4 Å². The average molecular weight is 249 g/mol. The Kier molecular flexibility index (Phi) is 3.75. The summed E-state index contributed by atoms with van der Waals surface area (Å²) in [7, 11) is 0. The molecule has 2 heterocycles. The summed E-state index contributed by atoms with van der Waals surface area (Å²) in [4.78, 5) is 13.6. The van der Waals surface area contributed by atoms with Crippen LogP contribution in [0.15, 0.2) is 0 Å². The van der Waals surface area contributed by atoms with Crippen molar-refractivity contribution in [1.82, 2.24) is 10.2 Å². The van der Waals surface area contributed by atoms with Crippen molar-refractivity contribution in [3.05, 3.63) is 0 Å². The zero-order valence-corrected chi connectivity index (χ0v) is 11.0. The molecule has 1 amide bonds. The van der Waals surface area contributed by atoms with Gasteiger partial charge in [-0.25, -0.2) is 4.79 Å². The Morgan fingerprint density at radius 3 is 2.38 bits per heavy atom. The lowest BCUT2D eigenvalue weighted by atomic mass is 9.81. The Morgan fingerprint density at radius 2 is 2.00 bits per heavy atom. The van der Waals surface area contributed by atoms with Gasteiger partial charge in [-0.15, -0.1) is 12.4 Å². The molecule has 0 aromatic carbocycles. The van der Waals surface area contributed by atoms with Crippen LogP contribution in [0.3, 0.4) is 0 Å². The molecule has 94 valence electrons. The third-order valence-corrected chi connectivity index (χ3v) is 3.09. The van der Waals surface area contributed by atoms with E-state index >= 15 is 0 Å². The Balaban J connectivity index is 0.00000128. The van der Waals surface area contributed by atoms with E-state index in [1.165, 1.54) is 0 Å². The highest BCUT2D eigenvalue weighted by molar-refractivity contribution is 5.85. The fraction of sp³-hybridized carbons (Fsp3) is 0.909. The summed E-state index contributed by atoms with van der Waals surface area (Å²) in [5.74, 6) is 0. The number of halogens is 1. The number of carbonyl (C=O) groups excluding carboxylic acids is 1. The average Bonchev–Trinajstić information content (AvgIpc) is 2.43. The van der Waals surface area contributed by atoms with Crippen LogP contribution in [0.1, 0.15) is 27.2 Å². The first-order chi connectivity index (χ1) is 6.90. The standard InChI is InChI=1S/C11H20N2O2.ClH/c1-10(2,3)15-9(14)13-5-4-11(8-13)6-12-7-11;/h12H,4-8H2,1-3H3;1H. The molecule has 2 aliphatic heterocycles. The Morgan fingerprint density at radius 1 is 1.38 bits per heavy atom. The molecule has 2 fully saturated rings. The SMILES string of the molecule is CC(C)(C)OC(=O)N1CCC2(CNC2)C1.Cl. The second kappa shape index (κ2) is 4.41. The second-order valence-electron chi connectivity index (χ2n) is 5.76. The summed E-state index contributed by atoms with van der Waals surface area (Å²) in [6.07, 6.45) is 0.950. The number of hydrogen-bond acceptors (Lipinski definition) is 3. The van der Waals surface area contributed by atoms with Crippen molar-refractivity contribution >= 4 is 18.5 Å². The molecule has 0 saturated carbocycles. The zero-order chi connectivity index (χ0) is 11.1. The summed E-state index contributed by atoms with van der Waals surface area (Å²) in [5, 5.41) is 3.27. The maximum Gasteiger partial charge on any atom is 0.410 e. The van der Waals surface area contributed by atoms with Gasteiger partial charge in [0.2, 0.25) is 0 Å². The van der Waals surface area contributed by atoms with E-state index in [2.05, 4.69) is 5.32 Å². The largest absolute Gasteiger partial charge is 0.444 e. The summed E-state index contributed by atoms with van der Waals surface area (Å²) in [6.45, 7) is 9.51. The molecule has 16 heavy (non-hydrogen) atoms. The first-order valence-electron chi connectivity index (χ1n) is 5.59. The number of nitrogens with zero attached hydrogens (tertiary/aromatic N) is 1. The third-order valence-electron chi connectivity index (χ3n) is 3.09. The number of nitrogens with one attached hydrogen (secondary N) is 1. The molecular formula is C11H21ClN2O2. The third kappa shape index (κ3) is 2.80. The summed E-state index contributed by atoms with van der Waals surface area (Å²) >= 11 is 0. The number of rotatable bonds is 0. The van der Waals surface area contributed by atoms with E-state index in [0.717, 1.165) is 32.6 Å². The van der Waals surface area contributed by atoms with Gasteiger partial charge in [0.25, 0.3) is 0 Å². The molecule has 2 aliphatic rings. The van der Waals surface area contributed by atoms with Crippen molar-refractivity contribution in [2.75, 3.05) is 26.2 Å². The van der Waals surface area contributed by atoms with Crippen molar-refractivity contribution in [2.24, 2.45) is 5.41 Å². The minimum atomic E-state index is -0.384. The highest BCUT2D eigenvalue weighted by Gasteiger charge is 2.45. The molecule has 2 saturated heterocycles. The molecule has 0 aromatic rings. The molecule has 4 nitrogen and oxygen atoms in total. The quantitative estimate of drug-likeness (QED) is 0.709. The van der Waals surface area contributed by atoms with E-state index in [0.29, 0.717) is 5.41 Å². The molecule has 0 radical (unpaired) electrons.